The lowest BCUT2D eigenvalue weighted by Gasteiger charge is -1.89. The summed E-state index contributed by atoms with van der Waals surface area (Å²) in [7, 11) is 0. The number of aromatic nitrogens is 4. The van der Waals surface area contributed by atoms with Crippen molar-refractivity contribution in [2.24, 2.45) is 0 Å². The van der Waals surface area contributed by atoms with Gasteiger partial charge in [0, 0.05) is 4.88 Å². The number of anilines is 1. The van der Waals surface area contributed by atoms with Crippen LogP contribution in [0.2, 0.25) is 0 Å². The lowest BCUT2D eigenvalue weighted by atomic mass is 10.4. The first-order valence-electron chi connectivity index (χ1n) is 3.78. The standard InChI is InChI=1S/C7H9N5S/c1-4-5(2)13-7(10-4)12-3-9-6(8)11-12/h3H,1-2H3,(H2,8,11). The van der Waals surface area contributed by atoms with Gasteiger partial charge in [-0.15, -0.1) is 5.10 Å². The summed E-state index contributed by atoms with van der Waals surface area (Å²) in [6, 6.07) is 0. The van der Waals surface area contributed by atoms with Crippen LogP contribution >= 0.6 is 11.3 Å². The Balaban J connectivity index is 2.46. The van der Waals surface area contributed by atoms with E-state index < -0.39 is 0 Å². The average Bonchev–Trinajstić information content (AvgIpc) is 2.61. The maximum absolute atomic E-state index is 5.39. The molecule has 0 bridgehead atoms. The van der Waals surface area contributed by atoms with Gasteiger partial charge in [0.15, 0.2) is 0 Å². The molecule has 2 N–H and O–H groups in total. The summed E-state index contributed by atoms with van der Waals surface area (Å²) in [4.78, 5) is 9.33. The molecule has 0 spiro atoms. The fourth-order valence-electron chi connectivity index (χ4n) is 0.922. The monoisotopic (exact) mass is 195 g/mol. The van der Waals surface area contributed by atoms with E-state index in [1.165, 1.54) is 4.88 Å². The van der Waals surface area contributed by atoms with E-state index in [1.807, 2.05) is 13.8 Å². The Morgan fingerprint density at radius 1 is 1.46 bits per heavy atom. The van der Waals surface area contributed by atoms with Crippen LogP contribution in [0.5, 0.6) is 0 Å². The van der Waals surface area contributed by atoms with Crippen molar-refractivity contribution in [1.29, 1.82) is 0 Å². The summed E-state index contributed by atoms with van der Waals surface area (Å²) >= 11 is 1.57. The maximum atomic E-state index is 5.39. The lowest BCUT2D eigenvalue weighted by molar-refractivity contribution is 0.867. The summed E-state index contributed by atoms with van der Waals surface area (Å²) in [6.45, 7) is 3.99. The van der Waals surface area contributed by atoms with Crippen molar-refractivity contribution in [3.8, 4) is 5.13 Å². The molecule has 0 saturated carbocycles. The molecular weight excluding hydrogens is 186 g/mol. The van der Waals surface area contributed by atoms with Gasteiger partial charge in [0.2, 0.25) is 11.1 Å². The zero-order valence-electron chi connectivity index (χ0n) is 7.35. The molecule has 0 fully saturated rings. The van der Waals surface area contributed by atoms with Crippen molar-refractivity contribution in [3.05, 3.63) is 16.9 Å². The normalized spacial score (nSPS) is 10.6. The van der Waals surface area contributed by atoms with E-state index in [4.69, 9.17) is 5.73 Å². The van der Waals surface area contributed by atoms with Crippen LogP contribution in [-0.4, -0.2) is 19.7 Å². The summed E-state index contributed by atoms with van der Waals surface area (Å²) in [5, 5.41) is 4.77. The molecule has 6 heteroatoms. The summed E-state index contributed by atoms with van der Waals surface area (Å²) in [6.07, 6.45) is 1.56. The van der Waals surface area contributed by atoms with E-state index in [0.717, 1.165) is 10.8 Å². The molecule has 2 rings (SSSR count). The molecule has 0 unspecified atom stereocenters. The largest absolute Gasteiger partial charge is 0.366 e. The molecular formula is C7H9N5S. The highest BCUT2D eigenvalue weighted by atomic mass is 32.1. The highest BCUT2D eigenvalue weighted by Crippen LogP contribution is 2.19. The van der Waals surface area contributed by atoms with Crippen molar-refractivity contribution in [3.63, 3.8) is 0 Å². The quantitative estimate of drug-likeness (QED) is 0.734. The minimum absolute atomic E-state index is 0.269. The van der Waals surface area contributed by atoms with E-state index in [-0.39, 0.29) is 5.95 Å². The number of rotatable bonds is 1. The van der Waals surface area contributed by atoms with Crippen LogP contribution in [0.15, 0.2) is 6.33 Å². The number of nitrogens with two attached hydrogens (primary N) is 1. The van der Waals surface area contributed by atoms with Gasteiger partial charge in [-0.3, -0.25) is 0 Å². The molecule has 2 heterocycles. The fraction of sp³-hybridized carbons (Fsp3) is 0.286. The van der Waals surface area contributed by atoms with E-state index in [9.17, 15) is 0 Å². The molecule has 0 atom stereocenters. The summed E-state index contributed by atoms with van der Waals surface area (Å²) < 4.78 is 1.58. The second-order valence-electron chi connectivity index (χ2n) is 2.69. The van der Waals surface area contributed by atoms with Crippen LogP contribution in [0.3, 0.4) is 0 Å². The van der Waals surface area contributed by atoms with Crippen molar-refractivity contribution in [1.82, 2.24) is 19.7 Å². The van der Waals surface area contributed by atoms with E-state index in [0.29, 0.717) is 0 Å². The average molecular weight is 195 g/mol. The fourth-order valence-corrected chi connectivity index (χ4v) is 1.75. The highest BCUT2D eigenvalue weighted by molar-refractivity contribution is 7.14. The molecule has 0 aliphatic rings. The predicted molar refractivity (Wildman–Crippen MR) is 50.9 cm³/mol. The van der Waals surface area contributed by atoms with Gasteiger partial charge < -0.3 is 5.73 Å². The zero-order chi connectivity index (χ0) is 9.42. The predicted octanol–water partition coefficient (Wildman–Crippen LogP) is 0.923. The van der Waals surface area contributed by atoms with Crippen LogP contribution in [0, 0.1) is 13.8 Å². The molecule has 2 aromatic rings. The van der Waals surface area contributed by atoms with Gasteiger partial charge >= 0.3 is 0 Å². The zero-order valence-corrected chi connectivity index (χ0v) is 8.17. The molecule has 0 aliphatic heterocycles. The molecule has 13 heavy (non-hydrogen) atoms. The Labute approximate surface area is 79.2 Å². The van der Waals surface area contributed by atoms with Gasteiger partial charge in [0.05, 0.1) is 5.69 Å². The third kappa shape index (κ3) is 1.40. The topological polar surface area (TPSA) is 69.6 Å². The first-order valence-corrected chi connectivity index (χ1v) is 4.60. The maximum Gasteiger partial charge on any atom is 0.239 e. The van der Waals surface area contributed by atoms with Gasteiger partial charge in [0.1, 0.15) is 6.33 Å². The number of nitrogen functional groups attached to an aromatic ring is 1. The van der Waals surface area contributed by atoms with Crippen LogP contribution in [0.4, 0.5) is 5.95 Å². The number of nitrogens with zero attached hydrogens (tertiary/aromatic N) is 4. The third-order valence-electron chi connectivity index (χ3n) is 1.72. The van der Waals surface area contributed by atoms with Gasteiger partial charge in [-0.05, 0) is 13.8 Å². The van der Waals surface area contributed by atoms with Gasteiger partial charge in [-0.2, -0.15) is 4.68 Å². The first-order chi connectivity index (χ1) is 6.16. The minimum Gasteiger partial charge on any atom is -0.366 e. The molecule has 0 aromatic carbocycles. The van der Waals surface area contributed by atoms with Crippen molar-refractivity contribution >= 4 is 17.3 Å². The summed E-state index contributed by atoms with van der Waals surface area (Å²) in [5.74, 6) is 0.269. The van der Waals surface area contributed by atoms with Crippen molar-refractivity contribution in [2.45, 2.75) is 13.8 Å². The highest BCUT2D eigenvalue weighted by Gasteiger charge is 2.06. The van der Waals surface area contributed by atoms with E-state index in [2.05, 4.69) is 15.1 Å². The Hall–Kier alpha value is -1.43. The Kier molecular flexibility index (Phi) is 1.77. The second-order valence-corrected chi connectivity index (χ2v) is 3.87. The Morgan fingerprint density at radius 3 is 2.69 bits per heavy atom. The van der Waals surface area contributed by atoms with Crippen LogP contribution in [0.1, 0.15) is 10.6 Å². The SMILES string of the molecule is Cc1nc(-n2cnc(N)n2)sc1C. The smallest absolute Gasteiger partial charge is 0.239 e. The Bertz CT molecular complexity index is 410. The molecule has 68 valence electrons. The Morgan fingerprint density at radius 2 is 2.23 bits per heavy atom. The van der Waals surface area contributed by atoms with Gasteiger partial charge in [-0.25, -0.2) is 9.97 Å². The van der Waals surface area contributed by atoms with E-state index >= 15 is 0 Å². The van der Waals surface area contributed by atoms with Crippen molar-refractivity contribution in [2.75, 3.05) is 5.73 Å². The van der Waals surface area contributed by atoms with E-state index in [1.54, 1.807) is 22.3 Å². The molecule has 0 aliphatic carbocycles. The number of thiazole rings is 1. The third-order valence-corrected chi connectivity index (χ3v) is 2.79. The number of hydrogen-bond acceptors (Lipinski definition) is 5. The molecule has 2 aromatic heterocycles. The van der Waals surface area contributed by atoms with Crippen LogP contribution < -0.4 is 5.73 Å². The lowest BCUT2D eigenvalue weighted by Crippen LogP contribution is -1.95. The van der Waals surface area contributed by atoms with Crippen LogP contribution in [0.25, 0.3) is 5.13 Å². The molecule has 0 radical (unpaired) electrons. The molecule has 0 saturated heterocycles. The first kappa shape index (κ1) is 8.18. The van der Waals surface area contributed by atoms with Gasteiger partial charge in [-0.1, -0.05) is 11.3 Å². The van der Waals surface area contributed by atoms with Crippen molar-refractivity contribution < 1.29 is 0 Å². The number of aryl methyl sites for hydroxylation is 2. The van der Waals surface area contributed by atoms with Gasteiger partial charge in [0.25, 0.3) is 0 Å². The molecule has 5 nitrogen and oxygen atoms in total. The minimum atomic E-state index is 0.269. The van der Waals surface area contributed by atoms with Crippen LogP contribution in [-0.2, 0) is 0 Å². The number of hydrogen-bond donors (Lipinski definition) is 1. The second kappa shape index (κ2) is 2.81. The molecule has 0 amide bonds. The summed E-state index contributed by atoms with van der Waals surface area (Å²) in [5.41, 5.74) is 6.42.